The molecule has 3 aromatic carbocycles. The number of alkyl halides is 3. The molecule has 0 unspecified atom stereocenters. The Labute approximate surface area is 233 Å². The van der Waals surface area contributed by atoms with Gasteiger partial charge >= 0.3 is 12.1 Å². The highest BCUT2D eigenvalue weighted by Crippen LogP contribution is 2.48. The molecule has 1 aromatic heterocycles. The Hall–Kier alpha value is -4.34. The van der Waals surface area contributed by atoms with Gasteiger partial charge in [-0.05, 0) is 84.3 Å². The molecule has 1 aliphatic heterocycles. The lowest BCUT2D eigenvalue weighted by Crippen LogP contribution is -2.11. The van der Waals surface area contributed by atoms with Crippen molar-refractivity contribution in [2.45, 2.75) is 58.2 Å². The lowest BCUT2D eigenvalue weighted by atomic mass is 9.85. The summed E-state index contributed by atoms with van der Waals surface area (Å²) in [6.45, 7) is 5.55. The van der Waals surface area contributed by atoms with E-state index < -0.39 is 23.8 Å². The zero-order chi connectivity index (χ0) is 29.1. The summed E-state index contributed by atoms with van der Waals surface area (Å²) in [5.41, 5.74) is 4.22. The van der Waals surface area contributed by atoms with E-state index in [2.05, 4.69) is 10.1 Å². The van der Waals surface area contributed by atoms with Crippen molar-refractivity contribution >= 4 is 5.97 Å². The van der Waals surface area contributed by atoms with Crippen LogP contribution in [0.4, 0.5) is 13.2 Å². The Morgan fingerprint density at radius 1 is 1.05 bits per heavy atom. The second-order valence-corrected chi connectivity index (χ2v) is 10.6. The lowest BCUT2D eigenvalue weighted by molar-refractivity contribution is -0.138. The number of hydrogen-bond donors (Lipinski definition) is 1. The number of benzene rings is 3. The van der Waals surface area contributed by atoms with Crippen molar-refractivity contribution in [1.82, 2.24) is 10.1 Å². The third kappa shape index (κ3) is 4.92. The van der Waals surface area contributed by atoms with Gasteiger partial charge in [0, 0.05) is 30.0 Å². The number of fused-ring (bicyclic) bond motifs is 2. The largest absolute Gasteiger partial charge is 0.492 e. The van der Waals surface area contributed by atoms with E-state index in [4.69, 9.17) is 19.1 Å². The van der Waals surface area contributed by atoms with Gasteiger partial charge in [-0.1, -0.05) is 17.3 Å². The van der Waals surface area contributed by atoms with Gasteiger partial charge in [0.15, 0.2) is 0 Å². The molecule has 10 heteroatoms. The van der Waals surface area contributed by atoms with E-state index in [9.17, 15) is 18.0 Å². The fourth-order valence-corrected chi connectivity index (χ4v) is 6.09. The molecular weight excluding hydrogens is 537 g/mol. The van der Waals surface area contributed by atoms with Crippen molar-refractivity contribution < 1.29 is 37.1 Å². The molecule has 2 atom stereocenters. The molecule has 41 heavy (non-hydrogen) atoms. The summed E-state index contributed by atoms with van der Waals surface area (Å²) in [5, 5.41) is 13.1. The Bertz CT molecular complexity index is 1650. The molecular formula is C31H27F3N2O5. The van der Waals surface area contributed by atoms with Crippen molar-refractivity contribution in [1.29, 1.82) is 0 Å². The molecule has 0 amide bonds. The third-order valence-corrected chi connectivity index (χ3v) is 7.79. The number of hydrogen-bond acceptors (Lipinski definition) is 6. The molecule has 0 spiro atoms. The SMILES string of the molecule is Cc1nc(-c2cc(C)c(-c3c(C(F)(F)F)ccc4c3CC[C@H]4Oc3ccc4c(c3)OC[C@H]4CC(=O)O)c(C)c2)no1. The molecule has 4 aromatic rings. The predicted molar refractivity (Wildman–Crippen MR) is 143 cm³/mol. The van der Waals surface area contributed by atoms with E-state index in [-0.39, 0.29) is 24.5 Å². The molecule has 0 bridgehead atoms. The monoisotopic (exact) mass is 564 g/mol. The first kappa shape index (κ1) is 26.9. The molecule has 1 N–H and O–H groups in total. The second-order valence-electron chi connectivity index (χ2n) is 10.6. The first-order chi connectivity index (χ1) is 19.5. The minimum absolute atomic E-state index is 0.0257. The van der Waals surface area contributed by atoms with Crippen LogP contribution in [0.25, 0.3) is 22.5 Å². The maximum atomic E-state index is 14.4. The highest BCUT2D eigenvalue weighted by atomic mass is 19.4. The number of nitrogens with zero attached hydrogens (tertiary/aromatic N) is 2. The highest BCUT2D eigenvalue weighted by Gasteiger charge is 2.39. The molecule has 2 aliphatic rings. The highest BCUT2D eigenvalue weighted by molar-refractivity contribution is 5.81. The number of aromatic nitrogens is 2. The van der Waals surface area contributed by atoms with Gasteiger partial charge < -0.3 is 19.1 Å². The van der Waals surface area contributed by atoms with Crippen LogP contribution in [0, 0.1) is 20.8 Å². The van der Waals surface area contributed by atoms with Gasteiger partial charge in [0.1, 0.15) is 17.6 Å². The van der Waals surface area contributed by atoms with E-state index in [1.807, 2.05) is 0 Å². The molecule has 0 saturated carbocycles. The quantitative estimate of drug-likeness (QED) is 0.261. The first-order valence-electron chi connectivity index (χ1n) is 13.3. The standard InChI is InChI=1S/C31H27F3N2O5/c1-15-10-18(30-35-17(3)41-36-30)11-16(2)28(15)29-23-7-9-25(22(23)6-8-24(29)31(32,33)34)40-20-4-5-21-19(12-27(37)38)14-39-26(21)13-20/h4-6,8,10-11,13,19,25H,7,9,12,14H2,1-3H3,(H,37,38)/t19-,25-/m1/s1. The number of halogens is 3. The van der Waals surface area contributed by atoms with Gasteiger partial charge in [-0.15, -0.1) is 0 Å². The van der Waals surface area contributed by atoms with E-state index in [0.717, 1.165) is 17.2 Å². The summed E-state index contributed by atoms with van der Waals surface area (Å²) in [6.07, 6.45) is -4.08. The summed E-state index contributed by atoms with van der Waals surface area (Å²) < 4.78 is 60.2. The van der Waals surface area contributed by atoms with Gasteiger partial charge in [0.05, 0.1) is 18.6 Å². The van der Waals surface area contributed by atoms with Crippen molar-refractivity contribution in [2.24, 2.45) is 0 Å². The number of carbonyl (C=O) groups is 1. The molecule has 1 aliphatic carbocycles. The van der Waals surface area contributed by atoms with Gasteiger partial charge in [-0.2, -0.15) is 18.2 Å². The summed E-state index contributed by atoms with van der Waals surface area (Å²) >= 11 is 0. The Kier molecular flexibility index (Phi) is 6.51. The van der Waals surface area contributed by atoms with Crippen LogP contribution in [-0.4, -0.2) is 27.8 Å². The Balaban J connectivity index is 1.37. The minimum atomic E-state index is -4.55. The summed E-state index contributed by atoms with van der Waals surface area (Å²) in [7, 11) is 0. The maximum absolute atomic E-state index is 14.4. The number of aryl methyl sites for hydroxylation is 3. The van der Waals surface area contributed by atoms with Gasteiger partial charge in [0.25, 0.3) is 0 Å². The fourth-order valence-electron chi connectivity index (χ4n) is 6.09. The smallest absolute Gasteiger partial charge is 0.417 e. The Morgan fingerprint density at radius 2 is 1.78 bits per heavy atom. The van der Waals surface area contributed by atoms with Gasteiger partial charge in [-0.3, -0.25) is 4.79 Å². The number of carboxylic acids is 1. The van der Waals surface area contributed by atoms with Gasteiger partial charge in [-0.25, -0.2) is 0 Å². The van der Waals surface area contributed by atoms with Crippen molar-refractivity contribution in [3.63, 3.8) is 0 Å². The fraction of sp³-hybridized carbons (Fsp3) is 0.323. The van der Waals surface area contributed by atoms with Crippen molar-refractivity contribution in [3.05, 3.63) is 81.7 Å². The average Bonchev–Trinajstić information content (AvgIpc) is 3.62. The molecule has 6 rings (SSSR count). The van der Waals surface area contributed by atoms with Crippen LogP contribution in [0.2, 0.25) is 0 Å². The molecule has 2 heterocycles. The minimum Gasteiger partial charge on any atom is -0.492 e. The zero-order valence-corrected chi connectivity index (χ0v) is 22.6. The number of ether oxygens (including phenoxy) is 2. The average molecular weight is 565 g/mol. The number of rotatable bonds is 6. The van der Waals surface area contributed by atoms with Crippen LogP contribution in [0.1, 0.15) is 64.1 Å². The molecule has 0 saturated heterocycles. The van der Waals surface area contributed by atoms with Crippen LogP contribution in [-0.2, 0) is 17.4 Å². The third-order valence-electron chi connectivity index (χ3n) is 7.79. The van der Waals surface area contributed by atoms with E-state index in [1.165, 1.54) is 6.07 Å². The van der Waals surface area contributed by atoms with Crippen LogP contribution in [0.3, 0.4) is 0 Å². The normalized spacial score (nSPS) is 17.7. The molecule has 0 fully saturated rings. The summed E-state index contributed by atoms with van der Waals surface area (Å²) in [5.74, 6) is 0.758. The van der Waals surface area contributed by atoms with Crippen LogP contribution in [0.15, 0.2) is 47.0 Å². The lowest BCUT2D eigenvalue weighted by Gasteiger charge is -2.22. The zero-order valence-electron chi connectivity index (χ0n) is 22.6. The Morgan fingerprint density at radius 3 is 2.44 bits per heavy atom. The predicted octanol–water partition coefficient (Wildman–Crippen LogP) is 7.36. The van der Waals surface area contributed by atoms with E-state index >= 15 is 0 Å². The first-order valence-corrected chi connectivity index (χ1v) is 13.3. The number of carboxylic acid groups (broad SMARTS) is 1. The second kappa shape index (κ2) is 9.94. The van der Waals surface area contributed by atoms with Crippen molar-refractivity contribution in [2.75, 3.05) is 6.61 Å². The van der Waals surface area contributed by atoms with Crippen molar-refractivity contribution in [3.8, 4) is 34.0 Å². The molecule has 0 radical (unpaired) electrons. The van der Waals surface area contributed by atoms with E-state index in [1.54, 1.807) is 51.1 Å². The molecule has 7 nitrogen and oxygen atoms in total. The number of aliphatic carboxylic acids is 1. The van der Waals surface area contributed by atoms with Crippen LogP contribution in [0.5, 0.6) is 11.5 Å². The topological polar surface area (TPSA) is 94.7 Å². The summed E-state index contributed by atoms with van der Waals surface area (Å²) in [6, 6.07) is 11.5. The summed E-state index contributed by atoms with van der Waals surface area (Å²) in [4.78, 5) is 15.4. The van der Waals surface area contributed by atoms with Gasteiger partial charge in [0.2, 0.25) is 11.7 Å². The maximum Gasteiger partial charge on any atom is 0.417 e. The van der Waals surface area contributed by atoms with Crippen LogP contribution < -0.4 is 9.47 Å². The van der Waals surface area contributed by atoms with E-state index in [0.29, 0.717) is 63.9 Å². The molecule has 212 valence electrons. The van der Waals surface area contributed by atoms with Crippen LogP contribution >= 0.6 is 0 Å².